The number of hydrogen-bond acceptors (Lipinski definition) is 6. The summed E-state index contributed by atoms with van der Waals surface area (Å²) in [5.74, 6) is 0. The molecule has 98 valence electrons. The first kappa shape index (κ1) is 13.0. The summed E-state index contributed by atoms with van der Waals surface area (Å²) in [4.78, 5) is 3.96. The van der Waals surface area contributed by atoms with Crippen LogP contribution in [0.5, 0.6) is 0 Å². The molecular formula is C9H13N5O2S2. The fraction of sp³-hybridized carbons (Fsp3) is 0.333. The lowest BCUT2D eigenvalue weighted by Crippen LogP contribution is -2.09. The first-order valence-corrected chi connectivity index (χ1v) is 7.44. The van der Waals surface area contributed by atoms with Crippen LogP contribution in [0, 0.1) is 6.92 Å². The van der Waals surface area contributed by atoms with Gasteiger partial charge in [-0.05, 0) is 6.92 Å². The third-order valence-corrected chi connectivity index (χ3v) is 4.89. The number of primary sulfonamides is 1. The average Bonchev–Trinajstić information content (AvgIpc) is 2.86. The van der Waals surface area contributed by atoms with Crippen LogP contribution >= 0.6 is 11.3 Å². The van der Waals surface area contributed by atoms with Crippen LogP contribution in [-0.4, -0.2) is 23.2 Å². The predicted molar refractivity (Wildman–Crippen MR) is 68.8 cm³/mol. The molecule has 2 aromatic heterocycles. The van der Waals surface area contributed by atoms with Gasteiger partial charge in [0, 0.05) is 24.8 Å². The highest BCUT2D eigenvalue weighted by Crippen LogP contribution is 2.22. The van der Waals surface area contributed by atoms with E-state index in [9.17, 15) is 8.42 Å². The lowest BCUT2D eigenvalue weighted by atomic mass is 10.2. The van der Waals surface area contributed by atoms with E-state index in [1.807, 2.05) is 14.0 Å². The second-order valence-corrected chi connectivity index (χ2v) is 6.58. The molecule has 7 nitrogen and oxygen atoms in total. The minimum absolute atomic E-state index is 0.0490. The maximum Gasteiger partial charge on any atom is 0.249 e. The highest BCUT2D eigenvalue weighted by molar-refractivity contribution is 7.91. The Morgan fingerprint density at radius 2 is 2.22 bits per heavy atom. The van der Waals surface area contributed by atoms with Crippen LogP contribution in [-0.2, 0) is 23.6 Å². The smallest absolute Gasteiger partial charge is 0.249 e. The van der Waals surface area contributed by atoms with Crippen molar-refractivity contribution in [3.8, 4) is 0 Å². The van der Waals surface area contributed by atoms with Gasteiger partial charge < -0.3 is 5.32 Å². The Balaban J connectivity index is 2.07. The Morgan fingerprint density at radius 1 is 1.50 bits per heavy atom. The largest absolute Gasteiger partial charge is 0.357 e. The van der Waals surface area contributed by atoms with Gasteiger partial charge in [0.05, 0.1) is 12.4 Å². The van der Waals surface area contributed by atoms with Crippen molar-refractivity contribution >= 4 is 26.5 Å². The van der Waals surface area contributed by atoms with Crippen molar-refractivity contribution in [2.75, 3.05) is 5.32 Å². The van der Waals surface area contributed by atoms with Crippen LogP contribution < -0.4 is 10.5 Å². The highest BCUT2D eigenvalue weighted by Gasteiger charge is 2.12. The van der Waals surface area contributed by atoms with E-state index in [4.69, 9.17) is 5.14 Å². The average molecular weight is 287 g/mol. The van der Waals surface area contributed by atoms with Gasteiger partial charge in [-0.25, -0.2) is 18.5 Å². The van der Waals surface area contributed by atoms with Crippen molar-refractivity contribution in [1.29, 1.82) is 0 Å². The minimum Gasteiger partial charge on any atom is -0.357 e. The third-order valence-electron chi connectivity index (χ3n) is 2.53. The number of hydrogen-bond donors (Lipinski definition) is 2. The number of nitrogens with two attached hydrogens (primary N) is 1. The third kappa shape index (κ3) is 2.68. The Labute approximate surface area is 109 Å². The zero-order chi connectivity index (χ0) is 13.3. The number of anilines is 1. The second kappa shape index (κ2) is 4.67. The van der Waals surface area contributed by atoms with Gasteiger partial charge >= 0.3 is 0 Å². The number of thiazole rings is 1. The van der Waals surface area contributed by atoms with E-state index in [0.717, 1.165) is 22.6 Å². The highest BCUT2D eigenvalue weighted by atomic mass is 32.2. The molecule has 3 N–H and O–H groups in total. The molecule has 0 aromatic carbocycles. The van der Waals surface area contributed by atoms with Crippen LogP contribution in [0.3, 0.4) is 0 Å². The summed E-state index contributed by atoms with van der Waals surface area (Å²) in [5, 5.41) is 12.7. The molecule has 9 heteroatoms. The Bertz CT molecular complexity index is 658. The molecule has 0 spiro atoms. The van der Waals surface area contributed by atoms with E-state index in [-0.39, 0.29) is 4.21 Å². The van der Waals surface area contributed by atoms with E-state index < -0.39 is 10.0 Å². The molecular weight excluding hydrogens is 274 g/mol. The molecule has 0 amide bonds. The van der Waals surface area contributed by atoms with Crippen LogP contribution in [0.4, 0.5) is 5.13 Å². The first-order valence-electron chi connectivity index (χ1n) is 5.08. The lowest BCUT2D eigenvalue weighted by molar-refractivity contribution is 0.599. The molecule has 0 saturated carbocycles. The van der Waals surface area contributed by atoms with Crippen molar-refractivity contribution in [3.05, 3.63) is 23.7 Å². The zero-order valence-corrected chi connectivity index (χ0v) is 11.5. The van der Waals surface area contributed by atoms with E-state index in [2.05, 4.69) is 15.4 Å². The summed E-state index contributed by atoms with van der Waals surface area (Å²) in [7, 11) is -1.81. The van der Waals surface area contributed by atoms with Crippen LogP contribution in [0.15, 0.2) is 16.6 Å². The molecule has 0 aliphatic rings. The van der Waals surface area contributed by atoms with Crippen LogP contribution in [0.1, 0.15) is 11.3 Å². The van der Waals surface area contributed by atoms with Crippen molar-refractivity contribution in [2.45, 2.75) is 17.7 Å². The molecule has 18 heavy (non-hydrogen) atoms. The molecule has 2 aromatic rings. The van der Waals surface area contributed by atoms with Gasteiger partial charge in [-0.2, -0.15) is 5.10 Å². The molecule has 0 atom stereocenters. The molecule has 0 unspecified atom stereocenters. The van der Waals surface area contributed by atoms with E-state index in [0.29, 0.717) is 11.7 Å². The summed E-state index contributed by atoms with van der Waals surface area (Å²) in [6, 6.07) is 0. The molecule has 0 aliphatic heterocycles. The number of aromatic nitrogens is 3. The molecule has 0 radical (unpaired) electrons. The van der Waals surface area contributed by atoms with Gasteiger partial charge in [0.15, 0.2) is 9.34 Å². The summed E-state index contributed by atoms with van der Waals surface area (Å²) in [6.45, 7) is 2.50. The SMILES string of the molecule is Cc1c(CNc2ncc(S(N)(=O)=O)s2)cnn1C. The van der Waals surface area contributed by atoms with Gasteiger partial charge in [-0.1, -0.05) is 11.3 Å². The van der Waals surface area contributed by atoms with Crippen LogP contribution in [0.25, 0.3) is 0 Å². The second-order valence-electron chi connectivity index (χ2n) is 3.76. The van der Waals surface area contributed by atoms with Crippen LogP contribution in [0.2, 0.25) is 0 Å². The maximum absolute atomic E-state index is 11.1. The number of nitrogens with zero attached hydrogens (tertiary/aromatic N) is 3. The van der Waals surface area contributed by atoms with Crippen molar-refractivity contribution < 1.29 is 8.42 Å². The van der Waals surface area contributed by atoms with Gasteiger partial charge in [0.2, 0.25) is 10.0 Å². The summed E-state index contributed by atoms with van der Waals surface area (Å²) in [6.07, 6.45) is 3.01. The quantitative estimate of drug-likeness (QED) is 0.849. The molecule has 2 rings (SSSR count). The first-order chi connectivity index (χ1) is 8.38. The molecule has 0 aliphatic carbocycles. The minimum atomic E-state index is -3.67. The predicted octanol–water partition coefficient (Wildman–Crippen LogP) is 0.445. The van der Waals surface area contributed by atoms with Gasteiger partial charge in [0.25, 0.3) is 0 Å². The normalized spacial score (nSPS) is 11.7. The monoisotopic (exact) mass is 287 g/mol. The molecule has 0 bridgehead atoms. The van der Waals surface area contributed by atoms with Gasteiger partial charge in [0.1, 0.15) is 0 Å². The fourth-order valence-corrected chi connectivity index (χ4v) is 2.81. The summed E-state index contributed by atoms with van der Waals surface area (Å²) in [5.41, 5.74) is 2.08. The van der Waals surface area contributed by atoms with Crippen molar-refractivity contribution in [1.82, 2.24) is 14.8 Å². The van der Waals surface area contributed by atoms with E-state index in [1.165, 1.54) is 6.20 Å². The van der Waals surface area contributed by atoms with Crippen molar-refractivity contribution in [3.63, 3.8) is 0 Å². The zero-order valence-electron chi connectivity index (χ0n) is 9.91. The maximum atomic E-state index is 11.1. The Kier molecular flexibility index (Phi) is 3.37. The Morgan fingerprint density at radius 3 is 2.72 bits per heavy atom. The Hall–Kier alpha value is -1.45. The van der Waals surface area contributed by atoms with E-state index >= 15 is 0 Å². The lowest BCUT2D eigenvalue weighted by Gasteiger charge is -2.01. The van der Waals surface area contributed by atoms with Crippen molar-refractivity contribution in [2.24, 2.45) is 12.2 Å². The van der Waals surface area contributed by atoms with E-state index in [1.54, 1.807) is 10.9 Å². The number of aryl methyl sites for hydroxylation is 1. The molecule has 2 heterocycles. The standard InChI is InChI=1S/C9H13N5O2S2/c1-6-7(4-13-14(6)2)3-11-9-12-5-8(17-9)18(10,15)16/h4-5H,3H2,1-2H3,(H,11,12)(H2,10,15,16). The summed E-state index contributed by atoms with van der Waals surface area (Å²) < 4.78 is 24.0. The number of nitrogens with one attached hydrogen (secondary N) is 1. The summed E-state index contributed by atoms with van der Waals surface area (Å²) >= 11 is 1.01. The fourth-order valence-electron chi connectivity index (χ4n) is 1.36. The number of rotatable bonds is 4. The van der Waals surface area contributed by atoms with Gasteiger partial charge in [-0.3, -0.25) is 4.68 Å². The molecule has 0 saturated heterocycles. The molecule has 0 fully saturated rings. The van der Waals surface area contributed by atoms with Gasteiger partial charge in [-0.15, -0.1) is 0 Å². The number of sulfonamides is 1. The topological polar surface area (TPSA) is 103 Å².